The topological polar surface area (TPSA) is 108 Å². The average molecular weight is 374 g/mol. The molecule has 2 aromatic heterocycles. The number of rotatable bonds is 7. The molecule has 0 amide bonds. The summed E-state index contributed by atoms with van der Waals surface area (Å²) in [5.41, 5.74) is -0.0904. The maximum Gasteiger partial charge on any atom is 0.332 e. The van der Waals surface area contributed by atoms with Gasteiger partial charge in [-0.3, -0.25) is 18.5 Å². The molecule has 2 rings (SSSR count). The van der Waals surface area contributed by atoms with Gasteiger partial charge in [-0.1, -0.05) is 26.7 Å². The van der Waals surface area contributed by atoms with E-state index in [2.05, 4.69) is 23.4 Å². The third-order valence-corrected chi connectivity index (χ3v) is 4.15. The predicted octanol–water partition coefficient (Wildman–Crippen LogP) is 1.42. The van der Waals surface area contributed by atoms with Crippen molar-refractivity contribution in [2.75, 3.05) is 6.61 Å². The summed E-state index contributed by atoms with van der Waals surface area (Å²) < 4.78 is 19.0. The molecule has 2 aromatic rings. The number of nitrogens with zero attached hydrogens (tertiary/aromatic N) is 4. The molecule has 25 heavy (non-hydrogen) atoms. The Morgan fingerprint density at radius 2 is 1.84 bits per heavy atom. The molecule has 0 radical (unpaired) electrons. The van der Waals surface area contributed by atoms with Crippen LogP contribution in [0.1, 0.15) is 39.5 Å². The first-order valence-corrected chi connectivity index (χ1v) is 9.58. The van der Waals surface area contributed by atoms with Crippen LogP contribution in [0.4, 0.5) is 0 Å². The van der Waals surface area contributed by atoms with Crippen molar-refractivity contribution in [3.8, 4) is 0 Å². The molecule has 10 heteroatoms. The van der Waals surface area contributed by atoms with E-state index in [1.54, 1.807) is 18.7 Å². The number of imidazole rings is 1. The fourth-order valence-corrected chi connectivity index (χ4v) is 2.44. The van der Waals surface area contributed by atoms with Crippen LogP contribution in [0.5, 0.6) is 0 Å². The third kappa shape index (κ3) is 5.66. The lowest BCUT2D eigenvalue weighted by Gasteiger charge is -2.08. The Morgan fingerprint density at radius 3 is 2.40 bits per heavy atom. The number of fused-ring (bicyclic) bond motifs is 1. The number of aryl methyl sites for hydroxylation is 2. The summed E-state index contributed by atoms with van der Waals surface area (Å²) in [4.78, 5) is 37.0. The van der Waals surface area contributed by atoms with Crippen LogP contribution in [0, 0.1) is 0 Å². The Bertz CT molecular complexity index is 822. The summed E-state index contributed by atoms with van der Waals surface area (Å²) in [6, 6.07) is 0. The van der Waals surface area contributed by atoms with Crippen LogP contribution in [0.25, 0.3) is 11.2 Å². The van der Waals surface area contributed by atoms with Crippen LogP contribution in [-0.2, 0) is 29.7 Å². The van der Waals surface area contributed by atoms with Crippen molar-refractivity contribution >= 4 is 19.4 Å². The molecule has 0 saturated heterocycles. The van der Waals surface area contributed by atoms with Crippen molar-refractivity contribution < 1.29 is 14.0 Å². The van der Waals surface area contributed by atoms with Crippen LogP contribution < -0.4 is 11.2 Å². The molecule has 0 aliphatic carbocycles. The van der Waals surface area contributed by atoms with Gasteiger partial charge < -0.3 is 14.0 Å². The first-order chi connectivity index (χ1) is 11.8. The summed E-state index contributed by atoms with van der Waals surface area (Å²) in [6.07, 6.45) is 5.10. The lowest BCUT2D eigenvalue weighted by molar-refractivity contribution is 0.272. The minimum absolute atomic E-state index is 0.122. The van der Waals surface area contributed by atoms with E-state index in [0.717, 1.165) is 4.57 Å². The molecule has 9 nitrogen and oxygen atoms in total. The fourth-order valence-electron chi connectivity index (χ4n) is 2.12. The molecule has 0 saturated carbocycles. The van der Waals surface area contributed by atoms with E-state index in [1.807, 2.05) is 0 Å². The van der Waals surface area contributed by atoms with Crippen molar-refractivity contribution in [2.45, 2.75) is 46.1 Å². The second kappa shape index (κ2) is 10.3. The summed E-state index contributed by atoms with van der Waals surface area (Å²) >= 11 is 0. The Labute approximate surface area is 146 Å². The zero-order chi connectivity index (χ0) is 19.0. The molecule has 0 bridgehead atoms. The highest BCUT2D eigenvalue weighted by Crippen LogP contribution is 2.14. The van der Waals surface area contributed by atoms with Gasteiger partial charge in [0, 0.05) is 20.6 Å². The standard InChI is InChI=1S/C11H17N4O5P.C4H10/c1-13-7-12-9-8(13)10(16)15(11(17)14(9)2)5-3-4-6-20-21(18)19;1-3-4-2/h7,21H,3-6H2,1-2H3,(H,18,19);3-4H2,1-2H3. The molecule has 2 heterocycles. The monoisotopic (exact) mass is 374 g/mol. The normalized spacial score (nSPS) is 12.0. The number of unbranched alkanes of at least 4 members (excludes halogenated alkanes) is 2. The van der Waals surface area contributed by atoms with Gasteiger partial charge in [0.05, 0.1) is 12.9 Å². The highest BCUT2D eigenvalue weighted by molar-refractivity contribution is 7.32. The number of hydrogen-bond donors (Lipinski definition) is 1. The SMILES string of the molecule is CCCC.Cn1cnc2c1c(=O)n(CCCCO[PH](=O)O)c(=O)n2C. The fraction of sp³-hybridized carbons (Fsp3) is 0.667. The molecule has 0 aromatic carbocycles. The first kappa shape index (κ1) is 21.3. The van der Waals surface area contributed by atoms with Gasteiger partial charge in [0.25, 0.3) is 5.56 Å². The summed E-state index contributed by atoms with van der Waals surface area (Å²) in [7, 11) is 0.333. The van der Waals surface area contributed by atoms with Gasteiger partial charge in [0.1, 0.15) is 0 Å². The number of aromatic nitrogens is 4. The Morgan fingerprint density at radius 1 is 1.20 bits per heavy atom. The van der Waals surface area contributed by atoms with Gasteiger partial charge in [-0.15, -0.1) is 0 Å². The summed E-state index contributed by atoms with van der Waals surface area (Å²) in [6.45, 7) is 4.71. The minimum atomic E-state index is -2.92. The highest BCUT2D eigenvalue weighted by atomic mass is 31.1. The quantitative estimate of drug-likeness (QED) is 0.580. The van der Waals surface area contributed by atoms with E-state index in [9.17, 15) is 14.2 Å². The molecule has 1 N–H and O–H groups in total. The van der Waals surface area contributed by atoms with Crippen molar-refractivity contribution in [2.24, 2.45) is 14.1 Å². The zero-order valence-electron chi connectivity index (χ0n) is 15.2. The molecule has 1 atom stereocenters. The van der Waals surface area contributed by atoms with Crippen LogP contribution >= 0.6 is 8.25 Å². The molecule has 0 fully saturated rings. The van der Waals surface area contributed by atoms with Gasteiger partial charge in [-0.05, 0) is 12.8 Å². The van der Waals surface area contributed by atoms with Gasteiger partial charge >= 0.3 is 13.9 Å². The van der Waals surface area contributed by atoms with E-state index in [0.29, 0.717) is 24.0 Å². The molecular weight excluding hydrogens is 347 g/mol. The van der Waals surface area contributed by atoms with Crippen LogP contribution in [0.2, 0.25) is 0 Å². The van der Waals surface area contributed by atoms with Gasteiger partial charge in [-0.2, -0.15) is 0 Å². The van der Waals surface area contributed by atoms with Gasteiger partial charge in [0.2, 0.25) is 0 Å². The third-order valence-electron chi connectivity index (χ3n) is 3.70. The number of hydrogen-bond acceptors (Lipinski definition) is 5. The van der Waals surface area contributed by atoms with E-state index in [1.165, 1.54) is 23.7 Å². The largest absolute Gasteiger partial charge is 0.332 e. The lowest BCUT2D eigenvalue weighted by Crippen LogP contribution is -2.39. The smallest absolute Gasteiger partial charge is 0.328 e. The van der Waals surface area contributed by atoms with Crippen molar-refractivity contribution in [1.82, 2.24) is 18.7 Å². The average Bonchev–Trinajstić information content (AvgIpc) is 2.97. The van der Waals surface area contributed by atoms with Gasteiger partial charge in [-0.25, -0.2) is 9.78 Å². The Balaban J connectivity index is 0.000000705. The van der Waals surface area contributed by atoms with Gasteiger partial charge in [0.15, 0.2) is 11.2 Å². The summed E-state index contributed by atoms with van der Waals surface area (Å²) in [5, 5.41) is 0. The maximum atomic E-state index is 12.3. The minimum Gasteiger partial charge on any atom is -0.328 e. The van der Waals surface area contributed by atoms with E-state index in [4.69, 9.17) is 4.89 Å². The predicted molar refractivity (Wildman–Crippen MR) is 97.2 cm³/mol. The first-order valence-electron chi connectivity index (χ1n) is 8.31. The molecule has 0 aliphatic rings. The van der Waals surface area contributed by atoms with E-state index in [-0.39, 0.29) is 18.7 Å². The lowest BCUT2D eigenvalue weighted by atomic mass is 10.3. The van der Waals surface area contributed by atoms with E-state index >= 15 is 0 Å². The van der Waals surface area contributed by atoms with Crippen molar-refractivity contribution in [3.05, 3.63) is 27.2 Å². The zero-order valence-corrected chi connectivity index (χ0v) is 16.2. The van der Waals surface area contributed by atoms with Crippen LogP contribution in [0.15, 0.2) is 15.9 Å². The molecular formula is C15H27N4O5P. The highest BCUT2D eigenvalue weighted by Gasteiger charge is 2.14. The molecule has 1 unspecified atom stereocenters. The van der Waals surface area contributed by atoms with Crippen LogP contribution in [-0.4, -0.2) is 30.2 Å². The molecule has 0 spiro atoms. The molecule has 0 aliphatic heterocycles. The molecule has 142 valence electrons. The maximum absolute atomic E-state index is 12.3. The van der Waals surface area contributed by atoms with Crippen LogP contribution in [0.3, 0.4) is 0 Å². The van der Waals surface area contributed by atoms with E-state index < -0.39 is 13.9 Å². The Hall–Kier alpha value is -1.70. The summed E-state index contributed by atoms with van der Waals surface area (Å²) in [5.74, 6) is 0. The Kier molecular flexibility index (Phi) is 8.82. The second-order valence-corrected chi connectivity index (χ2v) is 6.47. The second-order valence-electron chi connectivity index (χ2n) is 5.65. The van der Waals surface area contributed by atoms with Crippen molar-refractivity contribution in [3.63, 3.8) is 0 Å². The van der Waals surface area contributed by atoms with Crippen molar-refractivity contribution in [1.29, 1.82) is 0 Å².